The van der Waals surface area contributed by atoms with Gasteiger partial charge in [0.2, 0.25) is 39.6 Å². The lowest BCUT2D eigenvalue weighted by Gasteiger charge is -2.27. The summed E-state index contributed by atoms with van der Waals surface area (Å²) in [5.41, 5.74) is -1.80. The van der Waals surface area contributed by atoms with Crippen molar-refractivity contribution in [3.8, 4) is 0 Å². The number of ether oxygens (including phenoxy) is 2. The van der Waals surface area contributed by atoms with Crippen LogP contribution in [0.4, 0.5) is 0 Å². The summed E-state index contributed by atoms with van der Waals surface area (Å²) in [5.74, 6) is -6.28. The van der Waals surface area contributed by atoms with Gasteiger partial charge in [0, 0.05) is 45.1 Å². The second kappa shape index (κ2) is 37.4. The minimum atomic E-state index is -4.01. The highest BCUT2D eigenvalue weighted by molar-refractivity contribution is 7.90. The standard InChI is InChI=1S/C44H75N9O16S/c1-33(56)19-20-34(42(62)63)46-38(58)22-21-35(43(64)65)47-41(61)30-69-28-27-68-26-25-45-37(57)23-24-44(31-54,32-55)48-39(59)18-15-29-70(66,67)51-40(60)17-14-12-10-8-6-4-2-3-5-7-9-11-13-16-36-49-52-53-50-36/h31,34-35,55H,2-30,32H2,1H3,(H,45,57)(H,46,58)(H,47,61)(H,48,59)(H,51,60)(H,62,63)(H,64,65)(H,49,50,52,53). The summed E-state index contributed by atoms with van der Waals surface area (Å²) in [6, 6.07) is -2.80. The van der Waals surface area contributed by atoms with Crippen molar-refractivity contribution >= 4 is 63.6 Å². The molecular weight excluding hydrogens is 943 g/mol. The first kappa shape index (κ1) is 62.5. The number of hydrogen-bond acceptors (Lipinski definition) is 17. The Morgan fingerprint density at radius 1 is 0.671 bits per heavy atom. The van der Waals surface area contributed by atoms with Gasteiger partial charge in [-0.1, -0.05) is 75.8 Å². The number of aliphatic hydroxyl groups excluding tert-OH is 1. The molecule has 398 valence electrons. The minimum absolute atomic E-state index is 0.00934. The number of tetrazole rings is 1. The molecular formula is C44H75N9O16S. The molecule has 0 saturated heterocycles. The number of aldehydes is 1. The number of H-pyrrole nitrogens is 1. The minimum Gasteiger partial charge on any atom is -0.480 e. The summed E-state index contributed by atoms with van der Waals surface area (Å²) in [7, 11) is -4.01. The average molecular weight is 1020 g/mol. The Bertz CT molecular complexity index is 1860. The van der Waals surface area contributed by atoms with Gasteiger partial charge in [0.1, 0.15) is 36.3 Å². The van der Waals surface area contributed by atoms with E-state index in [0.29, 0.717) is 12.7 Å². The van der Waals surface area contributed by atoms with Crippen LogP contribution in [-0.2, 0) is 69.1 Å². The van der Waals surface area contributed by atoms with Crippen molar-refractivity contribution < 1.29 is 76.4 Å². The number of aromatic nitrogens is 4. The largest absolute Gasteiger partial charge is 0.480 e. The van der Waals surface area contributed by atoms with Gasteiger partial charge >= 0.3 is 11.9 Å². The zero-order valence-electron chi connectivity index (χ0n) is 40.3. The van der Waals surface area contributed by atoms with E-state index in [1.54, 1.807) is 0 Å². The number of nitrogens with one attached hydrogen (secondary N) is 6. The number of nitrogens with zero attached hydrogens (tertiary/aromatic N) is 3. The van der Waals surface area contributed by atoms with E-state index < -0.39 is 94.5 Å². The van der Waals surface area contributed by atoms with Crippen LogP contribution in [-0.4, -0.2) is 161 Å². The predicted molar refractivity (Wildman–Crippen MR) is 250 cm³/mol. The third-order valence-electron chi connectivity index (χ3n) is 10.9. The third kappa shape index (κ3) is 32.4. The van der Waals surface area contributed by atoms with Crippen LogP contribution < -0.4 is 26.0 Å². The van der Waals surface area contributed by atoms with E-state index in [-0.39, 0.29) is 83.5 Å². The number of amides is 5. The molecule has 26 heteroatoms. The van der Waals surface area contributed by atoms with Crippen LogP contribution >= 0.6 is 0 Å². The molecule has 1 aromatic heterocycles. The SMILES string of the molecule is CC(=O)CCC(NC(=O)CCC(NC(=O)COCCOCCNC(=O)CCC(C=O)(CO)NC(=O)CCCS(=O)(=O)NC(=O)CCCCCCCCCCCCCCCc1nn[nH]n1)C(=O)O)C(=O)O. The van der Waals surface area contributed by atoms with E-state index in [9.17, 15) is 66.9 Å². The molecule has 0 saturated carbocycles. The van der Waals surface area contributed by atoms with Gasteiger partial charge in [0.25, 0.3) is 0 Å². The van der Waals surface area contributed by atoms with Gasteiger partial charge in [0.15, 0.2) is 5.82 Å². The molecule has 0 aliphatic carbocycles. The quantitative estimate of drug-likeness (QED) is 0.0321. The second-order valence-corrected chi connectivity index (χ2v) is 18.9. The summed E-state index contributed by atoms with van der Waals surface area (Å²) in [5, 5.41) is 51.8. The maximum absolute atomic E-state index is 12.6. The van der Waals surface area contributed by atoms with E-state index in [0.717, 1.165) is 50.8 Å². The van der Waals surface area contributed by atoms with Crippen LogP contribution in [0.1, 0.15) is 154 Å². The molecule has 0 aliphatic rings. The molecule has 9 N–H and O–H groups in total. The van der Waals surface area contributed by atoms with Crippen molar-refractivity contribution in [1.29, 1.82) is 0 Å². The lowest BCUT2D eigenvalue weighted by Crippen LogP contribution is -2.53. The maximum atomic E-state index is 12.6. The molecule has 0 radical (unpaired) electrons. The number of rotatable bonds is 45. The number of carboxylic acids is 2. The van der Waals surface area contributed by atoms with E-state index in [4.69, 9.17) is 9.47 Å². The Kier molecular flexibility index (Phi) is 33.4. The first-order valence-corrected chi connectivity index (χ1v) is 25.7. The molecule has 3 atom stereocenters. The Morgan fingerprint density at radius 3 is 1.79 bits per heavy atom. The lowest BCUT2D eigenvalue weighted by atomic mass is 9.95. The van der Waals surface area contributed by atoms with Crippen molar-refractivity contribution in [2.75, 3.05) is 45.3 Å². The fourth-order valence-electron chi connectivity index (χ4n) is 6.86. The predicted octanol–water partition coefficient (Wildman–Crippen LogP) is 0.694. The Morgan fingerprint density at radius 2 is 1.23 bits per heavy atom. The Balaban J connectivity index is 2.17. The number of carboxylic acid groups (broad SMARTS) is 2. The average Bonchev–Trinajstić information content (AvgIpc) is 3.83. The smallest absolute Gasteiger partial charge is 0.326 e. The van der Waals surface area contributed by atoms with Crippen molar-refractivity contribution in [1.82, 2.24) is 46.6 Å². The highest BCUT2D eigenvalue weighted by Gasteiger charge is 2.32. The van der Waals surface area contributed by atoms with Crippen LogP contribution in [0.25, 0.3) is 0 Å². The number of carbonyl (C=O) groups is 9. The molecule has 0 spiro atoms. The highest BCUT2D eigenvalue weighted by atomic mass is 32.2. The van der Waals surface area contributed by atoms with Crippen molar-refractivity contribution in [3.63, 3.8) is 0 Å². The van der Waals surface area contributed by atoms with E-state index in [1.165, 1.54) is 45.4 Å². The Hall–Kier alpha value is -5.47. The summed E-state index contributed by atoms with van der Waals surface area (Å²) < 4.78 is 37.4. The molecule has 0 aliphatic heterocycles. The molecule has 25 nitrogen and oxygen atoms in total. The fourth-order valence-corrected chi connectivity index (χ4v) is 7.93. The number of unbranched alkanes of at least 4 members (excludes halogenated alkanes) is 12. The lowest BCUT2D eigenvalue weighted by molar-refractivity contribution is -0.144. The summed E-state index contributed by atoms with van der Waals surface area (Å²) in [4.78, 5) is 108. The number of Topliss-reactive ketones (excluding diaryl/α,β-unsaturated/α-hetero) is 1. The molecule has 70 heavy (non-hydrogen) atoms. The molecule has 0 aromatic carbocycles. The van der Waals surface area contributed by atoms with Crippen molar-refractivity contribution in [3.05, 3.63) is 5.82 Å². The number of aromatic amines is 1. The number of aliphatic hydroxyl groups is 1. The molecule has 1 aromatic rings. The monoisotopic (exact) mass is 1020 g/mol. The van der Waals surface area contributed by atoms with Crippen LogP contribution in [0.15, 0.2) is 0 Å². The third-order valence-corrected chi connectivity index (χ3v) is 12.2. The van der Waals surface area contributed by atoms with Gasteiger partial charge < -0.3 is 55.6 Å². The van der Waals surface area contributed by atoms with Gasteiger partial charge in [-0.25, -0.2) is 18.0 Å². The molecule has 0 fully saturated rings. The zero-order chi connectivity index (χ0) is 52.0. The fraction of sp³-hybridized carbons (Fsp3) is 0.773. The number of sulfonamides is 1. The second-order valence-electron chi connectivity index (χ2n) is 17.1. The Labute approximate surface area is 408 Å². The summed E-state index contributed by atoms with van der Waals surface area (Å²) >= 11 is 0. The normalized spacial score (nSPS) is 13.0. The number of carbonyl (C=O) groups excluding carboxylic acids is 7. The van der Waals surface area contributed by atoms with Gasteiger partial charge in [-0.15, -0.1) is 10.2 Å². The highest BCUT2D eigenvalue weighted by Crippen LogP contribution is 2.15. The number of aryl methyl sites for hydroxylation is 1. The zero-order valence-corrected chi connectivity index (χ0v) is 41.2. The number of hydrogen-bond donors (Lipinski definition) is 9. The molecule has 1 heterocycles. The van der Waals surface area contributed by atoms with Gasteiger partial charge in [-0.2, -0.15) is 5.21 Å². The maximum Gasteiger partial charge on any atom is 0.326 e. The molecule has 1 rings (SSSR count). The van der Waals surface area contributed by atoms with Crippen LogP contribution in [0.2, 0.25) is 0 Å². The number of ketones is 1. The van der Waals surface area contributed by atoms with Crippen molar-refractivity contribution in [2.45, 2.75) is 172 Å². The topological polar surface area (TPSA) is 382 Å². The van der Waals surface area contributed by atoms with E-state index in [2.05, 4.69) is 41.9 Å². The van der Waals surface area contributed by atoms with Crippen LogP contribution in [0, 0.1) is 0 Å². The molecule has 5 amide bonds. The summed E-state index contributed by atoms with van der Waals surface area (Å²) in [6.07, 6.45) is 13.2. The van der Waals surface area contributed by atoms with Gasteiger partial charge in [-0.05, 0) is 45.4 Å². The summed E-state index contributed by atoms with van der Waals surface area (Å²) in [6.45, 7) is -0.180. The first-order chi connectivity index (χ1) is 33.4. The molecule has 0 bridgehead atoms. The van der Waals surface area contributed by atoms with E-state index >= 15 is 0 Å². The van der Waals surface area contributed by atoms with Crippen molar-refractivity contribution in [2.24, 2.45) is 0 Å². The van der Waals surface area contributed by atoms with Gasteiger partial charge in [0.05, 0.1) is 32.2 Å². The number of aliphatic carboxylic acids is 2. The first-order valence-electron chi connectivity index (χ1n) is 24.0. The van der Waals surface area contributed by atoms with Crippen LogP contribution in [0.5, 0.6) is 0 Å². The van der Waals surface area contributed by atoms with Gasteiger partial charge in [-0.3, -0.25) is 28.7 Å². The van der Waals surface area contributed by atoms with Crippen LogP contribution in [0.3, 0.4) is 0 Å². The molecule has 3 unspecified atom stereocenters. The van der Waals surface area contributed by atoms with E-state index in [1.807, 2.05) is 4.72 Å².